The molecule has 0 aliphatic heterocycles. The van der Waals surface area contributed by atoms with Crippen molar-refractivity contribution in [3.63, 3.8) is 0 Å². The number of aliphatic carboxylic acids is 1. The van der Waals surface area contributed by atoms with Gasteiger partial charge in [0, 0.05) is 29.4 Å². The molecule has 0 aromatic carbocycles. The van der Waals surface area contributed by atoms with E-state index >= 15 is 0 Å². The van der Waals surface area contributed by atoms with E-state index in [-0.39, 0.29) is 6.54 Å². The van der Waals surface area contributed by atoms with Gasteiger partial charge in [-0.2, -0.15) is 0 Å². The molecule has 0 rings (SSSR count). The number of carboxylic acids is 1. The van der Waals surface area contributed by atoms with Gasteiger partial charge in [-0.3, -0.25) is 4.21 Å². The molecule has 0 aromatic heterocycles. The summed E-state index contributed by atoms with van der Waals surface area (Å²) in [5, 5.41) is 13.4. The molecule has 15 heavy (non-hydrogen) atoms. The van der Waals surface area contributed by atoms with Crippen LogP contribution in [-0.4, -0.2) is 45.9 Å². The van der Waals surface area contributed by atoms with Crippen molar-refractivity contribution in [3.05, 3.63) is 0 Å². The maximum Gasteiger partial charge on any atom is 0.326 e. The Morgan fingerprint density at radius 3 is 2.47 bits per heavy atom. The van der Waals surface area contributed by atoms with Crippen LogP contribution in [0.15, 0.2) is 0 Å². The molecule has 0 aliphatic carbocycles. The van der Waals surface area contributed by atoms with Crippen LogP contribution in [0, 0.1) is 0 Å². The first-order valence-corrected chi connectivity index (χ1v) is 6.27. The first-order chi connectivity index (χ1) is 6.97. The zero-order valence-electron chi connectivity index (χ0n) is 8.78. The zero-order chi connectivity index (χ0) is 11.8. The molecule has 3 N–H and O–H groups in total. The molecule has 0 radical (unpaired) electrons. The second-order valence-electron chi connectivity index (χ2n) is 2.98. The summed E-state index contributed by atoms with van der Waals surface area (Å²) >= 11 is 0. The van der Waals surface area contributed by atoms with E-state index in [1.165, 1.54) is 6.26 Å². The molecule has 0 bridgehead atoms. The second-order valence-corrected chi connectivity index (χ2v) is 4.53. The highest BCUT2D eigenvalue weighted by molar-refractivity contribution is 7.84. The fourth-order valence-corrected chi connectivity index (χ4v) is 1.25. The Bertz CT molecular complexity index is 257. The standard InChI is InChI=1S/C8H16N2O4S/c1-3-6(7(11)12)10-8(13)9-4-5-15(2)14/h6H,3-5H2,1-2H3,(H,11,12)(H2,9,10,13)/t6-,15?/m1/s1. The molecule has 0 aromatic rings. The van der Waals surface area contributed by atoms with E-state index in [0.29, 0.717) is 12.2 Å². The van der Waals surface area contributed by atoms with Gasteiger partial charge in [0.05, 0.1) is 0 Å². The average Bonchev–Trinajstić information content (AvgIpc) is 2.13. The molecule has 6 nitrogen and oxygen atoms in total. The van der Waals surface area contributed by atoms with E-state index in [9.17, 15) is 13.8 Å². The van der Waals surface area contributed by atoms with Crippen molar-refractivity contribution in [2.24, 2.45) is 0 Å². The molecule has 0 spiro atoms. The zero-order valence-corrected chi connectivity index (χ0v) is 9.60. The summed E-state index contributed by atoms with van der Waals surface area (Å²) in [6, 6.07) is -1.42. The smallest absolute Gasteiger partial charge is 0.326 e. The number of carbonyl (C=O) groups is 2. The van der Waals surface area contributed by atoms with E-state index in [4.69, 9.17) is 5.11 Å². The highest BCUT2D eigenvalue weighted by Gasteiger charge is 2.16. The Hall–Kier alpha value is -1.11. The largest absolute Gasteiger partial charge is 0.480 e. The van der Waals surface area contributed by atoms with Crippen LogP contribution in [-0.2, 0) is 15.6 Å². The third-order valence-electron chi connectivity index (χ3n) is 1.69. The third kappa shape index (κ3) is 6.89. The first-order valence-electron chi connectivity index (χ1n) is 4.54. The SMILES string of the molecule is CC[C@@H](NC(=O)NCCS(C)=O)C(=O)O. The highest BCUT2D eigenvalue weighted by atomic mass is 32.2. The summed E-state index contributed by atoms with van der Waals surface area (Å²) in [5.41, 5.74) is 0. The van der Waals surface area contributed by atoms with E-state index in [0.717, 1.165) is 0 Å². The summed E-state index contributed by atoms with van der Waals surface area (Å²) in [6.45, 7) is 1.94. The van der Waals surface area contributed by atoms with Crippen molar-refractivity contribution in [2.75, 3.05) is 18.6 Å². The van der Waals surface area contributed by atoms with E-state index < -0.39 is 28.8 Å². The predicted molar refractivity (Wildman–Crippen MR) is 57.2 cm³/mol. The minimum absolute atomic E-state index is 0.269. The van der Waals surface area contributed by atoms with Crippen LogP contribution < -0.4 is 10.6 Å². The van der Waals surface area contributed by atoms with Crippen molar-refractivity contribution in [1.29, 1.82) is 0 Å². The quantitative estimate of drug-likeness (QED) is 0.581. The number of hydrogen-bond donors (Lipinski definition) is 3. The van der Waals surface area contributed by atoms with Crippen LogP contribution in [0.25, 0.3) is 0 Å². The van der Waals surface area contributed by atoms with E-state index in [2.05, 4.69) is 10.6 Å². The van der Waals surface area contributed by atoms with Crippen LogP contribution >= 0.6 is 0 Å². The normalized spacial score (nSPS) is 14.0. The number of carboxylic acid groups (broad SMARTS) is 1. The lowest BCUT2D eigenvalue weighted by Gasteiger charge is -2.12. The van der Waals surface area contributed by atoms with Crippen LogP contribution in [0.1, 0.15) is 13.3 Å². The van der Waals surface area contributed by atoms with Gasteiger partial charge >= 0.3 is 12.0 Å². The lowest BCUT2D eigenvalue weighted by atomic mass is 10.2. The van der Waals surface area contributed by atoms with E-state index in [1.807, 2.05) is 0 Å². The number of urea groups is 1. The third-order valence-corrected chi connectivity index (χ3v) is 2.47. The number of hydrogen-bond acceptors (Lipinski definition) is 3. The topological polar surface area (TPSA) is 95.5 Å². The predicted octanol–water partition coefficient (Wildman–Crippen LogP) is -0.473. The van der Waals surface area contributed by atoms with Gasteiger partial charge in [0.15, 0.2) is 0 Å². The summed E-state index contributed by atoms with van der Waals surface area (Å²) in [6.07, 6.45) is 1.86. The summed E-state index contributed by atoms with van der Waals surface area (Å²) in [5.74, 6) is -0.705. The van der Waals surface area contributed by atoms with Gasteiger partial charge < -0.3 is 15.7 Å². The Labute approximate surface area is 90.9 Å². The van der Waals surface area contributed by atoms with Gasteiger partial charge in [-0.1, -0.05) is 6.92 Å². The Morgan fingerprint density at radius 1 is 1.47 bits per heavy atom. The second kappa shape index (κ2) is 7.22. The van der Waals surface area contributed by atoms with Gasteiger partial charge in [-0.25, -0.2) is 9.59 Å². The van der Waals surface area contributed by atoms with Gasteiger partial charge in [-0.15, -0.1) is 0 Å². The van der Waals surface area contributed by atoms with Gasteiger partial charge in [0.2, 0.25) is 0 Å². The van der Waals surface area contributed by atoms with Gasteiger partial charge in [0.1, 0.15) is 6.04 Å². The summed E-state index contributed by atoms with van der Waals surface area (Å²) < 4.78 is 10.7. The molecule has 0 fully saturated rings. The number of amides is 2. The van der Waals surface area contributed by atoms with Gasteiger partial charge in [-0.05, 0) is 6.42 Å². The molecule has 7 heteroatoms. The molecule has 0 saturated carbocycles. The minimum atomic E-state index is -1.06. The molecule has 0 saturated heterocycles. The number of rotatable bonds is 6. The molecule has 2 atom stereocenters. The molecule has 2 amide bonds. The molecule has 0 heterocycles. The molecular weight excluding hydrogens is 220 g/mol. The fourth-order valence-electron chi connectivity index (χ4n) is 0.856. The summed E-state index contributed by atoms with van der Waals surface area (Å²) in [7, 11) is -0.964. The lowest BCUT2D eigenvalue weighted by Crippen LogP contribution is -2.46. The van der Waals surface area contributed by atoms with Crippen LogP contribution in [0.4, 0.5) is 4.79 Å². The Kier molecular flexibility index (Phi) is 6.68. The highest BCUT2D eigenvalue weighted by Crippen LogP contribution is 1.89. The molecule has 0 aliphatic rings. The van der Waals surface area contributed by atoms with Crippen molar-refractivity contribution in [1.82, 2.24) is 10.6 Å². The average molecular weight is 236 g/mol. The Morgan fingerprint density at radius 2 is 2.07 bits per heavy atom. The van der Waals surface area contributed by atoms with Crippen molar-refractivity contribution in [2.45, 2.75) is 19.4 Å². The minimum Gasteiger partial charge on any atom is -0.480 e. The molecule has 1 unspecified atom stereocenters. The van der Waals surface area contributed by atoms with Crippen molar-refractivity contribution >= 4 is 22.8 Å². The van der Waals surface area contributed by atoms with Crippen LogP contribution in [0.3, 0.4) is 0 Å². The monoisotopic (exact) mass is 236 g/mol. The van der Waals surface area contributed by atoms with E-state index in [1.54, 1.807) is 6.92 Å². The maximum atomic E-state index is 11.1. The fraction of sp³-hybridized carbons (Fsp3) is 0.750. The van der Waals surface area contributed by atoms with Crippen molar-refractivity contribution in [3.8, 4) is 0 Å². The maximum absolute atomic E-state index is 11.1. The first kappa shape index (κ1) is 13.9. The van der Waals surface area contributed by atoms with Crippen LogP contribution in [0.2, 0.25) is 0 Å². The van der Waals surface area contributed by atoms with Gasteiger partial charge in [0.25, 0.3) is 0 Å². The molecule has 88 valence electrons. The number of nitrogens with one attached hydrogen (secondary N) is 2. The number of carbonyl (C=O) groups excluding carboxylic acids is 1. The van der Waals surface area contributed by atoms with Crippen LogP contribution in [0.5, 0.6) is 0 Å². The summed E-state index contributed by atoms with van der Waals surface area (Å²) in [4.78, 5) is 21.7. The lowest BCUT2D eigenvalue weighted by molar-refractivity contribution is -0.139. The molecular formula is C8H16N2O4S. The Balaban J connectivity index is 3.81. The van der Waals surface area contributed by atoms with Crippen molar-refractivity contribution < 1.29 is 18.9 Å².